The molecule has 1 aromatic carbocycles. The third kappa shape index (κ3) is 1.72. The Morgan fingerprint density at radius 2 is 2.39 bits per heavy atom. The summed E-state index contributed by atoms with van der Waals surface area (Å²) in [5.74, 6) is 0. The van der Waals surface area contributed by atoms with Crippen molar-refractivity contribution in [2.75, 3.05) is 6.54 Å². The number of H-pyrrole nitrogens is 1. The van der Waals surface area contributed by atoms with E-state index in [0.717, 1.165) is 29.9 Å². The number of benzene rings is 1. The largest absolute Gasteiger partial charge is 0.331 e. The molecule has 0 radical (unpaired) electrons. The highest BCUT2D eigenvalue weighted by molar-refractivity contribution is 7.71. The summed E-state index contributed by atoms with van der Waals surface area (Å²) in [7, 11) is 0. The van der Waals surface area contributed by atoms with E-state index >= 15 is 0 Å². The minimum Gasteiger partial charge on any atom is -0.331 e. The van der Waals surface area contributed by atoms with Crippen molar-refractivity contribution in [3.63, 3.8) is 0 Å². The third-order valence-corrected chi connectivity index (χ3v) is 4.01. The average molecular weight is 259 g/mol. The summed E-state index contributed by atoms with van der Waals surface area (Å²) in [6.45, 7) is 8.90. The van der Waals surface area contributed by atoms with Crippen molar-refractivity contribution in [3.8, 4) is 0 Å². The first-order valence-electron chi connectivity index (χ1n) is 6.26. The molecule has 18 heavy (non-hydrogen) atoms. The van der Waals surface area contributed by atoms with E-state index in [1.807, 2.05) is 6.08 Å². The van der Waals surface area contributed by atoms with Crippen molar-refractivity contribution in [3.05, 3.63) is 41.2 Å². The maximum absolute atomic E-state index is 5.43. The quantitative estimate of drug-likeness (QED) is 0.662. The maximum atomic E-state index is 5.43. The van der Waals surface area contributed by atoms with Crippen LogP contribution in [-0.4, -0.2) is 27.0 Å². The van der Waals surface area contributed by atoms with Gasteiger partial charge in [-0.1, -0.05) is 18.2 Å². The number of para-hydroxylation sites is 1. The minimum absolute atomic E-state index is 0.459. The summed E-state index contributed by atoms with van der Waals surface area (Å²) >= 11 is 5.43. The second-order valence-corrected chi connectivity index (χ2v) is 5.31. The first-order chi connectivity index (χ1) is 8.70. The number of imidazole rings is 1. The van der Waals surface area contributed by atoms with Gasteiger partial charge in [-0.05, 0) is 30.8 Å². The molecule has 1 N–H and O–H groups in total. The normalized spacial score (nSPS) is 19.9. The summed E-state index contributed by atoms with van der Waals surface area (Å²) in [5, 5.41) is 0. The van der Waals surface area contributed by atoms with Crippen LogP contribution in [-0.2, 0) is 13.1 Å². The van der Waals surface area contributed by atoms with Gasteiger partial charge in [-0.2, -0.15) is 0 Å². The van der Waals surface area contributed by atoms with Gasteiger partial charge in [0.1, 0.15) is 0 Å². The smallest absolute Gasteiger partial charge is 0.178 e. The van der Waals surface area contributed by atoms with Crippen molar-refractivity contribution in [2.45, 2.75) is 26.1 Å². The summed E-state index contributed by atoms with van der Waals surface area (Å²) < 4.78 is 3.05. The first-order valence-corrected chi connectivity index (χ1v) is 6.67. The number of nitrogens with zero attached hydrogens (tertiary/aromatic N) is 2. The molecule has 1 aromatic heterocycles. The number of hydrogen-bond donors (Lipinski definition) is 1. The van der Waals surface area contributed by atoms with E-state index in [-0.39, 0.29) is 0 Å². The van der Waals surface area contributed by atoms with Gasteiger partial charge >= 0.3 is 0 Å². The molecule has 3 rings (SSSR count). The van der Waals surface area contributed by atoms with Crippen LogP contribution >= 0.6 is 12.2 Å². The molecule has 1 aliphatic rings. The van der Waals surface area contributed by atoms with Crippen LogP contribution in [0.5, 0.6) is 0 Å². The fourth-order valence-electron chi connectivity index (χ4n) is 2.76. The highest BCUT2D eigenvalue weighted by atomic mass is 32.1. The Labute approximate surface area is 112 Å². The predicted molar refractivity (Wildman–Crippen MR) is 77.2 cm³/mol. The molecule has 0 amide bonds. The summed E-state index contributed by atoms with van der Waals surface area (Å²) in [5.41, 5.74) is 3.75. The molecule has 2 aromatic rings. The average Bonchev–Trinajstić information content (AvgIpc) is 2.57. The molecular formula is C14H17N3S. The molecule has 0 aliphatic carbocycles. The Kier molecular flexibility index (Phi) is 2.84. The zero-order chi connectivity index (χ0) is 12.7. The molecule has 1 atom stereocenters. The van der Waals surface area contributed by atoms with Gasteiger partial charge < -0.3 is 9.55 Å². The zero-order valence-electron chi connectivity index (χ0n) is 10.5. The monoisotopic (exact) mass is 259 g/mol. The Morgan fingerprint density at radius 1 is 1.56 bits per heavy atom. The fourth-order valence-corrected chi connectivity index (χ4v) is 3.04. The topological polar surface area (TPSA) is 24.0 Å². The van der Waals surface area contributed by atoms with Gasteiger partial charge in [-0.3, -0.25) is 4.90 Å². The lowest BCUT2D eigenvalue weighted by molar-refractivity contribution is 0.211. The molecular weight excluding hydrogens is 242 g/mol. The SMILES string of the molecule is C=CCN1Cc2cccc3[nH]c(=S)n(c23)C[C@@H]1C. The van der Waals surface area contributed by atoms with Crippen LogP contribution in [0.4, 0.5) is 0 Å². The van der Waals surface area contributed by atoms with Gasteiger partial charge in [0.25, 0.3) is 0 Å². The van der Waals surface area contributed by atoms with Gasteiger partial charge in [-0.25, -0.2) is 0 Å². The lowest BCUT2D eigenvalue weighted by atomic mass is 10.1. The van der Waals surface area contributed by atoms with Crippen molar-refractivity contribution >= 4 is 23.3 Å². The maximum Gasteiger partial charge on any atom is 0.178 e. The number of aromatic amines is 1. The Bertz CT molecular complexity index is 653. The van der Waals surface area contributed by atoms with Crippen LogP contribution < -0.4 is 0 Å². The minimum atomic E-state index is 0.459. The number of rotatable bonds is 2. The van der Waals surface area contributed by atoms with E-state index in [1.54, 1.807) is 0 Å². The Morgan fingerprint density at radius 3 is 3.17 bits per heavy atom. The summed E-state index contributed by atoms with van der Waals surface area (Å²) in [6.07, 6.45) is 1.97. The van der Waals surface area contributed by atoms with Crippen molar-refractivity contribution < 1.29 is 0 Å². The van der Waals surface area contributed by atoms with E-state index in [9.17, 15) is 0 Å². The van der Waals surface area contributed by atoms with Gasteiger partial charge in [0.2, 0.25) is 0 Å². The second kappa shape index (κ2) is 4.37. The zero-order valence-corrected chi connectivity index (χ0v) is 11.3. The molecule has 0 fully saturated rings. The molecule has 2 heterocycles. The van der Waals surface area contributed by atoms with Crippen LogP contribution in [0.2, 0.25) is 0 Å². The molecule has 4 heteroatoms. The van der Waals surface area contributed by atoms with Crippen LogP contribution in [0.1, 0.15) is 12.5 Å². The molecule has 0 saturated heterocycles. The van der Waals surface area contributed by atoms with Crippen molar-refractivity contribution in [1.82, 2.24) is 14.5 Å². The lowest BCUT2D eigenvalue weighted by Crippen LogP contribution is -2.34. The van der Waals surface area contributed by atoms with Gasteiger partial charge in [0.05, 0.1) is 11.0 Å². The molecule has 0 spiro atoms. The van der Waals surface area contributed by atoms with Crippen LogP contribution in [0.15, 0.2) is 30.9 Å². The number of nitrogens with one attached hydrogen (secondary N) is 1. The third-order valence-electron chi connectivity index (χ3n) is 3.68. The van der Waals surface area contributed by atoms with E-state index < -0.39 is 0 Å². The van der Waals surface area contributed by atoms with E-state index in [4.69, 9.17) is 12.2 Å². The van der Waals surface area contributed by atoms with E-state index in [1.165, 1.54) is 11.1 Å². The summed E-state index contributed by atoms with van der Waals surface area (Å²) in [4.78, 5) is 5.73. The van der Waals surface area contributed by atoms with Gasteiger partial charge in [0.15, 0.2) is 4.77 Å². The molecule has 0 saturated carbocycles. The molecule has 94 valence electrons. The number of aromatic nitrogens is 2. The van der Waals surface area contributed by atoms with Crippen LogP contribution in [0, 0.1) is 4.77 Å². The van der Waals surface area contributed by atoms with E-state index in [2.05, 4.69) is 46.2 Å². The molecule has 0 unspecified atom stereocenters. The molecule has 3 nitrogen and oxygen atoms in total. The number of hydrogen-bond acceptors (Lipinski definition) is 2. The lowest BCUT2D eigenvalue weighted by Gasteiger charge is -2.25. The second-order valence-electron chi connectivity index (χ2n) is 4.92. The Hall–Kier alpha value is -1.39. The van der Waals surface area contributed by atoms with Crippen LogP contribution in [0.25, 0.3) is 11.0 Å². The molecule has 1 aliphatic heterocycles. The molecule has 0 bridgehead atoms. The Balaban J connectivity index is 2.20. The van der Waals surface area contributed by atoms with Crippen molar-refractivity contribution in [1.29, 1.82) is 0 Å². The van der Waals surface area contributed by atoms with E-state index in [0.29, 0.717) is 6.04 Å². The standard InChI is InChI=1S/C14H17N3S/c1-3-7-16-9-11-5-4-6-12-13(11)17(8-10(16)2)14(18)15-12/h3-6,10H,1,7-9H2,2H3,(H,15,18)/t10-/m0/s1. The van der Waals surface area contributed by atoms with Crippen LogP contribution in [0.3, 0.4) is 0 Å². The fraction of sp³-hybridized carbons (Fsp3) is 0.357. The van der Waals surface area contributed by atoms with Gasteiger partial charge in [0, 0.05) is 25.7 Å². The van der Waals surface area contributed by atoms with Gasteiger partial charge in [-0.15, -0.1) is 6.58 Å². The highest BCUT2D eigenvalue weighted by Gasteiger charge is 2.21. The first kappa shape index (κ1) is 11.7. The summed E-state index contributed by atoms with van der Waals surface area (Å²) in [6, 6.07) is 6.84. The highest BCUT2D eigenvalue weighted by Crippen LogP contribution is 2.25. The predicted octanol–water partition coefficient (Wildman–Crippen LogP) is 3.09. The van der Waals surface area contributed by atoms with Crippen molar-refractivity contribution in [2.24, 2.45) is 0 Å².